The lowest BCUT2D eigenvalue weighted by molar-refractivity contribution is -0.140. The number of rotatable bonds is 6. The van der Waals surface area contributed by atoms with Crippen molar-refractivity contribution in [2.75, 3.05) is 6.61 Å². The van der Waals surface area contributed by atoms with Crippen LogP contribution >= 0.6 is 0 Å². The Labute approximate surface area is 96.9 Å². The van der Waals surface area contributed by atoms with E-state index in [1.165, 1.54) is 0 Å². The SMILES string of the molecule is C=C(C[C@@H]1CC(=O)[C@@H]1C)C(=O)OCCCC. The van der Waals surface area contributed by atoms with Crippen molar-refractivity contribution < 1.29 is 14.3 Å². The topological polar surface area (TPSA) is 43.4 Å². The molecule has 0 spiro atoms. The van der Waals surface area contributed by atoms with E-state index < -0.39 is 0 Å². The summed E-state index contributed by atoms with van der Waals surface area (Å²) in [6, 6.07) is 0. The molecule has 2 atom stereocenters. The van der Waals surface area contributed by atoms with E-state index >= 15 is 0 Å². The van der Waals surface area contributed by atoms with Gasteiger partial charge in [-0.05, 0) is 18.8 Å². The van der Waals surface area contributed by atoms with Crippen LogP contribution in [-0.2, 0) is 14.3 Å². The standard InChI is InChI=1S/C13H20O3/c1-4-5-6-16-13(15)9(2)7-11-8-12(14)10(11)3/h10-11H,2,4-8H2,1,3H3/t10-,11-/m1/s1. The van der Waals surface area contributed by atoms with Crippen molar-refractivity contribution >= 4 is 11.8 Å². The molecule has 16 heavy (non-hydrogen) atoms. The summed E-state index contributed by atoms with van der Waals surface area (Å²) in [4.78, 5) is 22.5. The molecule has 0 aliphatic heterocycles. The Morgan fingerprint density at radius 1 is 1.56 bits per heavy atom. The molecule has 1 aliphatic carbocycles. The fraction of sp³-hybridized carbons (Fsp3) is 0.692. The van der Waals surface area contributed by atoms with Crippen LogP contribution in [0.5, 0.6) is 0 Å². The van der Waals surface area contributed by atoms with E-state index in [0.29, 0.717) is 30.9 Å². The molecule has 0 amide bonds. The minimum Gasteiger partial charge on any atom is -0.462 e. The predicted molar refractivity (Wildman–Crippen MR) is 61.9 cm³/mol. The van der Waals surface area contributed by atoms with Gasteiger partial charge < -0.3 is 4.74 Å². The average Bonchev–Trinajstić information content (AvgIpc) is 2.28. The maximum absolute atomic E-state index is 11.5. The van der Waals surface area contributed by atoms with Gasteiger partial charge in [-0.25, -0.2) is 4.79 Å². The maximum atomic E-state index is 11.5. The molecule has 0 bridgehead atoms. The molecule has 1 fully saturated rings. The highest BCUT2D eigenvalue weighted by Crippen LogP contribution is 2.34. The number of carbonyl (C=O) groups excluding carboxylic acids is 2. The molecule has 1 rings (SSSR count). The van der Waals surface area contributed by atoms with Crippen molar-refractivity contribution in [2.45, 2.75) is 39.5 Å². The Hall–Kier alpha value is -1.12. The smallest absolute Gasteiger partial charge is 0.333 e. The molecule has 1 saturated carbocycles. The fourth-order valence-corrected chi connectivity index (χ4v) is 1.78. The van der Waals surface area contributed by atoms with Crippen LogP contribution in [0.1, 0.15) is 39.5 Å². The van der Waals surface area contributed by atoms with E-state index in [9.17, 15) is 9.59 Å². The van der Waals surface area contributed by atoms with Crippen LogP contribution in [0.4, 0.5) is 0 Å². The molecule has 0 N–H and O–H groups in total. The normalized spacial score (nSPS) is 23.8. The summed E-state index contributed by atoms with van der Waals surface area (Å²) in [7, 11) is 0. The number of ketones is 1. The molecule has 3 heteroatoms. The van der Waals surface area contributed by atoms with Gasteiger partial charge in [-0.2, -0.15) is 0 Å². The van der Waals surface area contributed by atoms with Gasteiger partial charge in [-0.1, -0.05) is 26.8 Å². The highest BCUT2D eigenvalue weighted by atomic mass is 16.5. The van der Waals surface area contributed by atoms with Crippen LogP contribution in [0.3, 0.4) is 0 Å². The molecule has 0 aromatic rings. The van der Waals surface area contributed by atoms with Crippen LogP contribution in [0.25, 0.3) is 0 Å². The predicted octanol–water partition coefficient (Wildman–Crippen LogP) is 2.50. The highest BCUT2D eigenvalue weighted by Gasteiger charge is 2.36. The number of carbonyl (C=O) groups is 2. The van der Waals surface area contributed by atoms with Crippen LogP contribution in [-0.4, -0.2) is 18.4 Å². The van der Waals surface area contributed by atoms with Gasteiger partial charge in [-0.15, -0.1) is 0 Å². The minimum atomic E-state index is -0.306. The van der Waals surface area contributed by atoms with E-state index in [1.54, 1.807) is 0 Å². The summed E-state index contributed by atoms with van der Waals surface area (Å²) in [6.45, 7) is 8.15. The zero-order valence-corrected chi connectivity index (χ0v) is 10.1. The molecule has 0 unspecified atom stereocenters. The molecule has 1 aliphatic rings. The number of ether oxygens (including phenoxy) is 1. The second-order valence-corrected chi connectivity index (χ2v) is 4.52. The Balaban J connectivity index is 2.24. The molecular weight excluding hydrogens is 204 g/mol. The van der Waals surface area contributed by atoms with Crippen molar-refractivity contribution in [3.05, 3.63) is 12.2 Å². The summed E-state index contributed by atoms with van der Waals surface area (Å²) < 4.78 is 5.05. The van der Waals surface area contributed by atoms with E-state index in [2.05, 4.69) is 6.58 Å². The first kappa shape index (κ1) is 12.9. The molecule has 90 valence electrons. The second kappa shape index (κ2) is 5.83. The van der Waals surface area contributed by atoms with Crippen LogP contribution in [0, 0.1) is 11.8 Å². The number of unbranched alkanes of at least 4 members (excludes halogenated alkanes) is 1. The first-order valence-electron chi connectivity index (χ1n) is 5.93. The zero-order chi connectivity index (χ0) is 12.1. The lowest BCUT2D eigenvalue weighted by atomic mass is 9.71. The minimum absolute atomic E-state index is 0.0835. The van der Waals surface area contributed by atoms with Crippen molar-refractivity contribution in [3.63, 3.8) is 0 Å². The molecule has 0 radical (unpaired) electrons. The van der Waals surface area contributed by atoms with Gasteiger partial charge in [0.2, 0.25) is 0 Å². The third kappa shape index (κ3) is 3.19. The fourth-order valence-electron chi connectivity index (χ4n) is 1.78. The van der Waals surface area contributed by atoms with Crippen molar-refractivity contribution in [2.24, 2.45) is 11.8 Å². The van der Waals surface area contributed by atoms with Crippen molar-refractivity contribution in [1.82, 2.24) is 0 Å². The highest BCUT2D eigenvalue weighted by molar-refractivity contribution is 5.90. The Morgan fingerprint density at radius 3 is 2.75 bits per heavy atom. The van der Waals surface area contributed by atoms with E-state index in [1.807, 2.05) is 13.8 Å². The lowest BCUT2D eigenvalue weighted by Crippen LogP contribution is -2.35. The van der Waals surface area contributed by atoms with Crippen molar-refractivity contribution in [3.8, 4) is 0 Å². The van der Waals surface area contributed by atoms with E-state index in [4.69, 9.17) is 4.74 Å². The number of Topliss-reactive ketones (excluding diaryl/α,β-unsaturated/α-hetero) is 1. The van der Waals surface area contributed by atoms with E-state index in [-0.39, 0.29) is 17.7 Å². The Bertz CT molecular complexity index is 294. The maximum Gasteiger partial charge on any atom is 0.333 e. The van der Waals surface area contributed by atoms with Crippen LogP contribution in [0.2, 0.25) is 0 Å². The van der Waals surface area contributed by atoms with Gasteiger partial charge in [0.1, 0.15) is 5.78 Å². The zero-order valence-electron chi connectivity index (χ0n) is 10.1. The Morgan fingerprint density at radius 2 is 2.25 bits per heavy atom. The average molecular weight is 224 g/mol. The van der Waals surface area contributed by atoms with Gasteiger partial charge in [-0.3, -0.25) is 4.79 Å². The summed E-state index contributed by atoms with van der Waals surface area (Å²) >= 11 is 0. The largest absolute Gasteiger partial charge is 0.462 e. The first-order chi connectivity index (χ1) is 7.56. The summed E-state index contributed by atoms with van der Waals surface area (Å²) in [6.07, 6.45) is 3.07. The molecule has 0 heterocycles. The molecule has 3 nitrogen and oxygen atoms in total. The lowest BCUT2D eigenvalue weighted by Gasteiger charge is -2.32. The van der Waals surface area contributed by atoms with Gasteiger partial charge in [0.05, 0.1) is 6.61 Å². The molecular formula is C13H20O3. The van der Waals surface area contributed by atoms with Gasteiger partial charge in [0.15, 0.2) is 0 Å². The monoisotopic (exact) mass is 224 g/mol. The van der Waals surface area contributed by atoms with Gasteiger partial charge in [0, 0.05) is 17.9 Å². The summed E-state index contributed by atoms with van der Waals surface area (Å²) in [5, 5.41) is 0. The first-order valence-corrected chi connectivity index (χ1v) is 5.93. The quantitative estimate of drug-likeness (QED) is 0.395. The molecule has 0 saturated heterocycles. The molecule has 0 aromatic heterocycles. The number of esters is 1. The van der Waals surface area contributed by atoms with E-state index in [0.717, 1.165) is 12.8 Å². The van der Waals surface area contributed by atoms with Crippen molar-refractivity contribution in [1.29, 1.82) is 0 Å². The van der Waals surface area contributed by atoms with Gasteiger partial charge >= 0.3 is 5.97 Å². The number of hydrogen-bond donors (Lipinski definition) is 0. The Kier molecular flexibility index (Phi) is 4.71. The number of hydrogen-bond acceptors (Lipinski definition) is 3. The van der Waals surface area contributed by atoms with Gasteiger partial charge in [0.25, 0.3) is 0 Å². The van der Waals surface area contributed by atoms with Crippen LogP contribution < -0.4 is 0 Å². The second-order valence-electron chi connectivity index (χ2n) is 4.52. The van der Waals surface area contributed by atoms with Crippen LogP contribution in [0.15, 0.2) is 12.2 Å². The third-order valence-corrected chi connectivity index (χ3v) is 3.21. The summed E-state index contributed by atoms with van der Waals surface area (Å²) in [5.74, 6) is 0.357. The molecule has 0 aromatic carbocycles. The third-order valence-electron chi connectivity index (χ3n) is 3.21. The summed E-state index contributed by atoms with van der Waals surface area (Å²) in [5.41, 5.74) is 0.500.